The number of imidazole rings is 1. The summed E-state index contributed by atoms with van der Waals surface area (Å²) in [5.74, 6) is 0.304. The fraction of sp³-hybridized carbons (Fsp3) is 0.105. The van der Waals surface area contributed by atoms with Gasteiger partial charge in [0.05, 0.1) is 10.6 Å². The van der Waals surface area contributed by atoms with Crippen molar-refractivity contribution in [3.05, 3.63) is 72.7 Å². The summed E-state index contributed by atoms with van der Waals surface area (Å²) >= 11 is 0. The Morgan fingerprint density at radius 2 is 2.00 bits per heavy atom. The van der Waals surface area contributed by atoms with Gasteiger partial charge in [0.25, 0.3) is 0 Å². The lowest BCUT2D eigenvalue weighted by Gasteiger charge is -2.08. The number of benzene rings is 1. The molecular formula is C19H15FN4O3S. The second kappa shape index (κ2) is 7.01. The molecule has 3 heterocycles. The second-order valence-electron chi connectivity index (χ2n) is 6.15. The standard InChI is InChI=1S/C19H15FN4O3S/c1-28(25,26)17-8-14(20)5-6-16(17)13-9-22-19-23-15(11-24(19)10-13)12-27-18-4-2-3-7-21-18/h2-11H,12H2,1H3. The predicted octanol–water partition coefficient (Wildman–Crippen LogP) is 2.91. The highest BCUT2D eigenvalue weighted by Crippen LogP contribution is 2.28. The van der Waals surface area contributed by atoms with Crippen molar-refractivity contribution in [2.45, 2.75) is 11.5 Å². The average molecular weight is 398 g/mol. The number of sulfone groups is 1. The molecule has 4 aromatic rings. The average Bonchev–Trinajstić information content (AvgIpc) is 3.08. The zero-order valence-corrected chi connectivity index (χ0v) is 15.6. The molecule has 0 spiro atoms. The molecule has 0 atom stereocenters. The second-order valence-corrected chi connectivity index (χ2v) is 8.14. The molecule has 0 saturated carbocycles. The van der Waals surface area contributed by atoms with Gasteiger partial charge in [0, 0.05) is 48.2 Å². The largest absolute Gasteiger partial charge is 0.471 e. The molecule has 0 aliphatic heterocycles. The lowest BCUT2D eigenvalue weighted by atomic mass is 10.1. The van der Waals surface area contributed by atoms with Crippen LogP contribution < -0.4 is 4.74 Å². The summed E-state index contributed by atoms with van der Waals surface area (Å²) in [6, 6.07) is 9.01. The van der Waals surface area contributed by atoms with E-state index < -0.39 is 15.7 Å². The minimum absolute atomic E-state index is 0.0903. The smallest absolute Gasteiger partial charge is 0.234 e. The summed E-state index contributed by atoms with van der Waals surface area (Å²) in [5, 5.41) is 0. The summed E-state index contributed by atoms with van der Waals surface area (Å²) in [4.78, 5) is 12.6. The molecule has 0 amide bonds. The van der Waals surface area contributed by atoms with Gasteiger partial charge in [-0.25, -0.2) is 27.8 Å². The van der Waals surface area contributed by atoms with Crippen LogP contribution in [0.2, 0.25) is 0 Å². The Hall–Kier alpha value is -3.33. The quantitative estimate of drug-likeness (QED) is 0.514. The van der Waals surface area contributed by atoms with Crippen LogP contribution in [0, 0.1) is 5.82 Å². The van der Waals surface area contributed by atoms with Gasteiger partial charge in [-0.3, -0.25) is 4.40 Å². The van der Waals surface area contributed by atoms with Gasteiger partial charge in [-0.05, 0) is 18.2 Å². The Morgan fingerprint density at radius 3 is 2.75 bits per heavy atom. The van der Waals surface area contributed by atoms with Gasteiger partial charge >= 0.3 is 0 Å². The number of pyridine rings is 1. The Morgan fingerprint density at radius 1 is 1.14 bits per heavy atom. The maximum absolute atomic E-state index is 13.6. The number of fused-ring (bicyclic) bond motifs is 1. The first-order valence-electron chi connectivity index (χ1n) is 8.27. The predicted molar refractivity (Wildman–Crippen MR) is 100 cm³/mol. The first-order chi connectivity index (χ1) is 13.4. The Labute approximate surface area is 160 Å². The Balaban J connectivity index is 1.68. The van der Waals surface area contributed by atoms with Gasteiger partial charge in [-0.2, -0.15) is 0 Å². The molecule has 9 heteroatoms. The number of hydrogen-bond donors (Lipinski definition) is 0. The van der Waals surface area contributed by atoms with E-state index in [4.69, 9.17) is 4.74 Å². The normalized spacial score (nSPS) is 11.6. The van der Waals surface area contributed by atoms with Crippen LogP contribution in [0.25, 0.3) is 16.9 Å². The van der Waals surface area contributed by atoms with Crippen molar-refractivity contribution in [3.8, 4) is 17.0 Å². The fourth-order valence-electron chi connectivity index (χ4n) is 2.76. The molecule has 0 unspecified atom stereocenters. The van der Waals surface area contributed by atoms with Crippen molar-refractivity contribution in [1.29, 1.82) is 0 Å². The van der Waals surface area contributed by atoms with E-state index in [0.717, 1.165) is 12.3 Å². The van der Waals surface area contributed by atoms with Gasteiger partial charge in [-0.15, -0.1) is 0 Å². The van der Waals surface area contributed by atoms with Crippen LogP contribution in [0.5, 0.6) is 5.88 Å². The monoisotopic (exact) mass is 398 g/mol. The highest BCUT2D eigenvalue weighted by molar-refractivity contribution is 7.90. The van der Waals surface area contributed by atoms with E-state index >= 15 is 0 Å². The summed E-state index contributed by atoms with van der Waals surface area (Å²) in [6.45, 7) is 0.209. The topological polar surface area (TPSA) is 86.5 Å². The first-order valence-corrected chi connectivity index (χ1v) is 10.2. The maximum Gasteiger partial charge on any atom is 0.234 e. The molecular weight excluding hydrogens is 383 g/mol. The van der Waals surface area contributed by atoms with Crippen LogP contribution in [0.1, 0.15) is 5.69 Å². The van der Waals surface area contributed by atoms with E-state index in [1.807, 2.05) is 6.07 Å². The molecule has 0 aliphatic carbocycles. The minimum Gasteiger partial charge on any atom is -0.471 e. The van der Waals surface area contributed by atoms with Crippen LogP contribution in [-0.2, 0) is 16.4 Å². The highest BCUT2D eigenvalue weighted by Gasteiger charge is 2.17. The molecule has 142 valence electrons. The Bertz CT molecular complexity index is 1260. The van der Waals surface area contributed by atoms with Crippen LogP contribution in [0.15, 0.2) is 66.1 Å². The molecule has 28 heavy (non-hydrogen) atoms. The SMILES string of the molecule is CS(=O)(=O)c1cc(F)ccc1-c1cnc2nc(COc3ccccn3)cn2c1. The van der Waals surface area contributed by atoms with E-state index in [2.05, 4.69) is 15.0 Å². The molecule has 4 rings (SSSR count). The first kappa shape index (κ1) is 18.1. The fourth-order valence-corrected chi connectivity index (χ4v) is 3.68. The van der Waals surface area contributed by atoms with Gasteiger partial charge in [0.1, 0.15) is 12.4 Å². The van der Waals surface area contributed by atoms with Crippen LogP contribution in [0.4, 0.5) is 4.39 Å². The van der Waals surface area contributed by atoms with Crippen LogP contribution in [-0.4, -0.2) is 34.0 Å². The third-order valence-corrected chi connectivity index (χ3v) is 5.16. The van der Waals surface area contributed by atoms with Gasteiger partial charge in [0.15, 0.2) is 9.84 Å². The lowest BCUT2D eigenvalue weighted by molar-refractivity contribution is 0.290. The summed E-state index contributed by atoms with van der Waals surface area (Å²) in [6.07, 6.45) is 7.62. The third-order valence-electron chi connectivity index (χ3n) is 4.02. The van der Waals surface area contributed by atoms with E-state index in [-0.39, 0.29) is 11.5 Å². The minimum atomic E-state index is -3.61. The zero-order chi connectivity index (χ0) is 19.7. The van der Waals surface area contributed by atoms with Crippen molar-refractivity contribution in [1.82, 2.24) is 19.4 Å². The highest BCUT2D eigenvalue weighted by atomic mass is 32.2. The summed E-state index contributed by atoms with van der Waals surface area (Å²) in [7, 11) is -3.61. The maximum atomic E-state index is 13.6. The number of rotatable bonds is 5. The van der Waals surface area contributed by atoms with Crippen molar-refractivity contribution in [2.24, 2.45) is 0 Å². The van der Waals surface area contributed by atoms with Crippen molar-refractivity contribution < 1.29 is 17.5 Å². The van der Waals surface area contributed by atoms with Gasteiger partial charge in [-0.1, -0.05) is 12.1 Å². The number of aromatic nitrogens is 4. The third kappa shape index (κ3) is 3.70. The molecule has 1 aromatic carbocycles. The molecule has 7 nitrogen and oxygen atoms in total. The van der Waals surface area contributed by atoms with Crippen molar-refractivity contribution >= 4 is 15.6 Å². The molecule has 0 aliphatic rings. The van der Waals surface area contributed by atoms with Gasteiger partial charge < -0.3 is 4.74 Å². The van der Waals surface area contributed by atoms with Gasteiger partial charge in [0.2, 0.25) is 11.7 Å². The summed E-state index contributed by atoms with van der Waals surface area (Å²) in [5.41, 5.74) is 1.54. The van der Waals surface area contributed by atoms with Crippen molar-refractivity contribution in [2.75, 3.05) is 6.26 Å². The van der Waals surface area contributed by atoms with Crippen molar-refractivity contribution in [3.63, 3.8) is 0 Å². The molecule has 0 N–H and O–H groups in total. The van der Waals surface area contributed by atoms with E-state index in [1.165, 1.54) is 18.3 Å². The molecule has 0 radical (unpaired) electrons. The lowest BCUT2D eigenvalue weighted by Crippen LogP contribution is -2.01. The summed E-state index contributed by atoms with van der Waals surface area (Å²) < 4.78 is 44.9. The van der Waals surface area contributed by atoms with Crippen LogP contribution in [0.3, 0.4) is 0 Å². The Kier molecular flexibility index (Phi) is 4.52. The van der Waals surface area contributed by atoms with Crippen LogP contribution >= 0.6 is 0 Å². The molecule has 0 fully saturated rings. The van der Waals surface area contributed by atoms with E-state index in [0.29, 0.717) is 28.5 Å². The molecule has 0 saturated heterocycles. The molecule has 0 bridgehead atoms. The van der Waals surface area contributed by atoms with E-state index in [1.54, 1.807) is 35.1 Å². The molecule has 3 aromatic heterocycles. The number of ether oxygens (including phenoxy) is 1. The number of halogens is 1. The number of nitrogens with zero attached hydrogens (tertiary/aromatic N) is 4. The number of hydrogen-bond acceptors (Lipinski definition) is 6. The zero-order valence-electron chi connectivity index (χ0n) is 14.8. The van der Waals surface area contributed by atoms with E-state index in [9.17, 15) is 12.8 Å².